The lowest BCUT2D eigenvalue weighted by molar-refractivity contribution is -0.278. The van der Waals surface area contributed by atoms with Crippen molar-refractivity contribution in [2.45, 2.75) is 58.8 Å². The van der Waals surface area contributed by atoms with Crippen molar-refractivity contribution in [3.63, 3.8) is 0 Å². The Kier molecular flexibility index (Phi) is 3.79. The molecular formula is C20H26O6. The first-order valence-electron chi connectivity index (χ1n) is 9.40. The summed E-state index contributed by atoms with van der Waals surface area (Å²) in [5, 5.41) is 32.4. The van der Waals surface area contributed by atoms with Crippen molar-refractivity contribution in [1.29, 1.82) is 0 Å². The molecule has 142 valence electrons. The first kappa shape index (κ1) is 17.9. The van der Waals surface area contributed by atoms with Crippen molar-refractivity contribution in [1.82, 2.24) is 0 Å². The normalized spacial score (nSPS) is 42.9. The highest BCUT2D eigenvalue weighted by Crippen LogP contribution is 2.65. The fourth-order valence-electron chi connectivity index (χ4n) is 5.95. The Bertz CT molecular complexity index is 762. The van der Waals surface area contributed by atoms with E-state index in [-0.39, 0.29) is 39.7 Å². The molecule has 0 aromatic rings. The van der Waals surface area contributed by atoms with Gasteiger partial charge in [-0.05, 0) is 36.5 Å². The van der Waals surface area contributed by atoms with Crippen LogP contribution in [0.25, 0.3) is 0 Å². The molecule has 0 spiro atoms. The van der Waals surface area contributed by atoms with Gasteiger partial charge in [0.05, 0.1) is 18.1 Å². The van der Waals surface area contributed by atoms with Crippen molar-refractivity contribution in [2.75, 3.05) is 6.61 Å². The minimum absolute atomic E-state index is 0.0486. The van der Waals surface area contributed by atoms with E-state index in [1.54, 1.807) is 13.8 Å². The zero-order valence-corrected chi connectivity index (χ0v) is 15.4. The zero-order chi connectivity index (χ0) is 19.0. The minimum atomic E-state index is -1.22. The SMILES string of the molecule is CC(C)C1=C(O)C2=C(C(=O)C1=O)[C@@]13CCC[C@@](C)(CO[C@H]1O)[C@@H]3C[C@H]2O. The number of Topliss-reactive ketones (excluding diaryl/α,β-unsaturated/α-hetero) is 2. The Morgan fingerprint density at radius 2 is 1.85 bits per heavy atom. The van der Waals surface area contributed by atoms with E-state index in [0.717, 1.165) is 12.8 Å². The molecule has 4 rings (SSSR count). The number of hydrogen-bond acceptors (Lipinski definition) is 6. The Morgan fingerprint density at radius 1 is 1.15 bits per heavy atom. The van der Waals surface area contributed by atoms with Gasteiger partial charge in [0.1, 0.15) is 5.76 Å². The van der Waals surface area contributed by atoms with Crippen LogP contribution in [0, 0.1) is 22.7 Å². The Labute approximate surface area is 152 Å². The largest absolute Gasteiger partial charge is 0.507 e. The van der Waals surface area contributed by atoms with Gasteiger partial charge in [-0.1, -0.05) is 27.2 Å². The summed E-state index contributed by atoms with van der Waals surface area (Å²) in [6.07, 6.45) is 0.266. The van der Waals surface area contributed by atoms with E-state index < -0.39 is 29.4 Å². The number of ether oxygens (including phenoxy) is 1. The monoisotopic (exact) mass is 362 g/mol. The minimum Gasteiger partial charge on any atom is -0.507 e. The second-order valence-corrected chi connectivity index (χ2v) is 8.88. The molecular weight excluding hydrogens is 336 g/mol. The van der Waals surface area contributed by atoms with E-state index in [2.05, 4.69) is 6.92 Å². The number of aliphatic hydroxyl groups is 3. The van der Waals surface area contributed by atoms with Gasteiger partial charge in [0.25, 0.3) is 0 Å². The topological polar surface area (TPSA) is 104 Å². The standard InChI is InChI=1S/C20H26O6/c1-9(2)12-15(22)13-10(21)7-11-19(3)5-4-6-20(11,18(25)26-8-19)14(13)17(24)16(12)23/h9-11,18,21-22,25H,4-8H2,1-3H3/t10-,11+,18-,19+,20+/m1/s1. The van der Waals surface area contributed by atoms with E-state index in [1.807, 2.05) is 0 Å². The Hall–Kier alpha value is -1.50. The molecule has 1 heterocycles. The highest BCUT2D eigenvalue weighted by atomic mass is 16.6. The van der Waals surface area contributed by atoms with Gasteiger partial charge in [0, 0.05) is 16.7 Å². The third kappa shape index (κ3) is 1.98. The van der Waals surface area contributed by atoms with Crippen LogP contribution in [0.4, 0.5) is 0 Å². The summed E-state index contributed by atoms with van der Waals surface area (Å²) in [6, 6.07) is 0. The molecule has 5 atom stereocenters. The van der Waals surface area contributed by atoms with Crippen LogP contribution in [-0.4, -0.2) is 45.9 Å². The van der Waals surface area contributed by atoms with Crippen LogP contribution in [0.5, 0.6) is 0 Å². The van der Waals surface area contributed by atoms with Gasteiger partial charge in [0.15, 0.2) is 6.29 Å². The molecule has 4 aliphatic rings. The summed E-state index contributed by atoms with van der Waals surface area (Å²) in [5.41, 5.74) is -1.05. The van der Waals surface area contributed by atoms with Crippen LogP contribution in [0.1, 0.15) is 46.5 Å². The second kappa shape index (κ2) is 5.50. The maximum atomic E-state index is 13.1. The molecule has 2 bridgehead atoms. The highest BCUT2D eigenvalue weighted by molar-refractivity contribution is 6.50. The number of carbonyl (C=O) groups excluding carboxylic acids is 2. The highest BCUT2D eigenvalue weighted by Gasteiger charge is 2.66. The van der Waals surface area contributed by atoms with E-state index in [9.17, 15) is 24.9 Å². The summed E-state index contributed by atoms with van der Waals surface area (Å²) in [4.78, 5) is 25.9. The third-order valence-corrected chi connectivity index (χ3v) is 7.11. The van der Waals surface area contributed by atoms with Crippen molar-refractivity contribution >= 4 is 11.6 Å². The molecule has 1 saturated heterocycles. The second-order valence-electron chi connectivity index (χ2n) is 8.88. The number of rotatable bonds is 1. The third-order valence-electron chi connectivity index (χ3n) is 7.11. The summed E-state index contributed by atoms with van der Waals surface area (Å²) in [7, 11) is 0. The van der Waals surface area contributed by atoms with Crippen LogP contribution in [-0.2, 0) is 14.3 Å². The molecule has 3 N–H and O–H groups in total. The zero-order valence-electron chi connectivity index (χ0n) is 15.4. The first-order chi connectivity index (χ1) is 12.1. The van der Waals surface area contributed by atoms with Crippen molar-refractivity contribution < 1.29 is 29.6 Å². The maximum Gasteiger partial charge on any atom is 0.233 e. The van der Waals surface area contributed by atoms with Crippen LogP contribution < -0.4 is 0 Å². The van der Waals surface area contributed by atoms with Gasteiger partial charge in [0.2, 0.25) is 11.6 Å². The van der Waals surface area contributed by atoms with Crippen LogP contribution >= 0.6 is 0 Å². The molecule has 0 aromatic carbocycles. The Morgan fingerprint density at radius 3 is 2.50 bits per heavy atom. The van der Waals surface area contributed by atoms with Crippen molar-refractivity contribution in [3.8, 4) is 0 Å². The fraction of sp³-hybridized carbons (Fsp3) is 0.700. The fourth-order valence-corrected chi connectivity index (χ4v) is 5.95. The molecule has 1 aliphatic heterocycles. The number of ketones is 2. The van der Waals surface area contributed by atoms with Crippen LogP contribution in [0.2, 0.25) is 0 Å². The van der Waals surface area contributed by atoms with Gasteiger partial charge >= 0.3 is 0 Å². The van der Waals surface area contributed by atoms with Crippen molar-refractivity contribution in [2.24, 2.45) is 22.7 Å². The van der Waals surface area contributed by atoms with Crippen molar-refractivity contribution in [3.05, 3.63) is 22.5 Å². The summed E-state index contributed by atoms with van der Waals surface area (Å²) in [6.45, 7) is 5.88. The summed E-state index contributed by atoms with van der Waals surface area (Å²) < 4.78 is 5.66. The summed E-state index contributed by atoms with van der Waals surface area (Å²) in [5.74, 6) is -2.24. The van der Waals surface area contributed by atoms with Gasteiger partial charge in [-0.15, -0.1) is 0 Å². The lowest BCUT2D eigenvalue weighted by Gasteiger charge is -2.62. The quantitative estimate of drug-likeness (QED) is 0.485. The molecule has 1 saturated carbocycles. The number of aliphatic hydroxyl groups excluding tert-OH is 3. The molecule has 0 aromatic heterocycles. The maximum absolute atomic E-state index is 13.1. The van der Waals surface area contributed by atoms with E-state index in [4.69, 9.17) is 4.74 Å². The first-order valence-corrected chi connectivity index (χ1v) is 9.40. The van der Waals surface area contributed by atoms with Crippen LogP contribution in [0.3, 0.4) is 0 Å². The molecule has 26 heavy (non-hydrogen) atoms. The number of carbonyl (C=O) groups is 2. The lowest BCUT2D eigenvalue weighted by atomic mass is 9.46. The van der Waals surface area contributed by atoms with Gasteiger partial charge in [-0.2, -0.15) is 0 Å². The molecule has 0 radical (unpaired) electrons. The van der Waals surface area contributed by atoms with Gasteiger partial charge < -0.3 is 20.1 Å². The predicted octanol–water partition coefficient (Wildman–Crippen LogP) is 1.81. The smallest absolute Gasteiger partial charge is 0.233 e. The van der Waals surface area contributed by atoms with E-state index in [1.165, 1.54) is 0 Å². The average Bonchev–Trinajstić information content (AvgIpc) is 2.56. The average molecular weight is 362 g/mol. The number of hydrogen-bond donors (Lipinski definition) is 3. The Balaban J connectivity index is 2.02. The summed E-state index contributed by atoms with van der Waals surface area (Å²) >= 11 is 0. The van der Waals surface area contributed by atoms with Gasteiger partial charge in [-0.25, -0.2) is 0 Å². The van der Waals surface area contributed by atoms with Crippen LogP contribution in [0.15, 0.2) is 22.5 Å². The molecule has 6 nitrogen and oxygen atoms in total. The lowest BCUT2D eigenvalue weighted by Crippen LogP contribution is -2.64. The molecule has 6 heteroatoms. The molecule has 2 fully saturated rings. The molecule has 3 aliphatic carbocycles. The molecule has 0 unspecified atom stereocenters. The van der Waals surface area contributed by atoms with E-state index >= 15 is 0 Å². The van der Waals surface area contributed by atoms with Gasteiger partial charge in [-0.3, -0.25) is 9.59 Å². The predicted molar refractivity (Wildman–Crippen MR) is 92.0 cm³/mol. The van der Waals surface area contributed by atoms with E-state index in [0.29, 0.717) is 19.4 Å². The number of allylic oxidation sites excluding steroid dienone is 1. The molecule has 0 amide bonds.